The quantitative estimate of drug-likeness (QED) is 0.649. The van der Waals surface area contributed by atoms with Gasteiger partial charge in [-0.1, -0.05) is 0 Å². The number of anilines is 2. The minimum Gasteiger partial charge on any atom is -0.378 e. The van der Waals surface area contributed by atoms with Gasteiger partial charge >= 0.3 is 0 Å². The largest absolute Gasteiger partial charge is 0.378 e. The van der Waals surface area contributed by atoms with E-state index in [2.05, 4.69) is 19.6 Å². The van der Waals surface area contributed by atoms with Crippen LogP contribution < -0.4 is 11.1 Å². The predicted octanol–water partition coefficient (Wildman–Crippen LogP) is 0.110. The Morgan fingerprint density at radius 3 is 2.87 bits per heavy atom. The zero-order valence-electron chi connectivity index (χ0n) is 9.06. The van der Waals surface area contributed by atoms with Crippen molar-refractivity contribution in [3.8, 4) is 0 Å². The normalized spacial score (nSPS) is 10.9. The second kappa shape index (κ2) is 6.54. The number of likely N-dealkylation sites (N-methyl/N-ethyl adjacent to an activating group) is 1. The second-order valence-corrected chi connectivity index (χ2v) is 4.05. The molecular formula is C8H17N5OS. The summed E-state index contributed by atoms with van der Waals surface area (Å²) in [7, 11) is 4.04. The van der Waals surface area contributed by atoms with Gasteiger partial charge in [0, 0.05) is 24.6 Å². The molecule has 0 saturated carbocycles. The van der Waals surface area contributed by atoms with Crippen molar-refractivity contribution in [3.63, 3.8) is 0 Å². The highest BCUT2D eigenvalue weighted by molar-refractivity contribution is 7.09. The van der Waals surface area contributed by atoms with Crippen LogP contribution in [0.15, 0.2) is 0 Å². The molecule has 7 heteroatoms. The van der Waals surface area contributed by atoms with Crippen molar-refractivity contribution in [2.45, 2.75) is 0 Å². The Hall–Kier alpha value is -0.920. The number of nitrogens with two attached hydrogens (primary N) is 1. The van der Waals surface area contributed by atoms with E-state index >= 15 is 0 Å². The zero-order valence-corrected chi connectivity index (χ0v) is 9.88. The predicted molar refractivity (Wildman–Crippen MR) is 62.2 cm³/mol. The first-order valence-electron chi connectivity index (χ1n) is 4.74. The molecule has 0 bridgehead atoms. The third-order valence-electron chi connectivity index (χ3n) is 1.65. The number of nitrogens with one attached hydrogen (secondary N) is 1. The van der Waals surface area contributed by atoms with E-state index in [4.69, 9.17) is 10.5 Å². The molecule has 3 N–H and O–H groups in total. The standard InChI is InChI=1S/C8H17N5OS/c1-13(2)4-6-14-5-3-10-8-11-7(9)12-15-8/h3-6H2,1-2H3,(H3,9,10,11,12). The SMILES string of the molecule is CN(C)CCOCCNc1nc(N)ns1. The van der Waals surface area contributed by atoms with Crippen LogP contribution >= 0.6 is 11.5 Å². The van der Waals surface area contributed by atoms with E-state index in [0.29, 0.717) is 12.6 Å². The van der Waals surface area contributed by atoms with Crippen molar-refractivity contribution >= 4 is 22.6 Å². The first-order valence-corrected chi connectivity index (χ1v) is 5.51. The Morgan fingerprint density at radius 1 is 1.47 bits per heavy atom. The average molecular weight is 231 g/mol. The summed E-state index contributed by atoms with van der Waals surface area (Å²) < 4.78 is 9.25. The van der Waals surface area contributed by atoms with Gasteiger partial charge in [-0.2, -0.15) is 9.36 Å². The monoisotopic (exact) mass is 231 g/mol. The molecule has 0 saturated heterocycles. The molecule has 0 unspecified atom stereocenters. The third kappa shape index (κ3) is 5.50. The maximum absolute atomic E-state index is 5.39. The van der Waals surface area contributed by atoms with E-state index in [9.17, 15) is 0 Å². The van der Waals surface area contributed by atoms with E-state index in [-0.39, 0.29) is 0 Å². The van der Waals surface area contributed by atoms with Crippen LogP contribution in [0.3, 0.4) is 0 Å². The number of nitrogen functional groups attached to an aromatic ring is 1. The fourth-order valence-corrected chi connectivity index (χ4v) is 1.41. The summed E-state index contributed by atoms with van der Waals surface area (Å²) in [6, 6.07) is 0. The van der Waals surface area contributed by atoms with Crippen molar-refractivity contribution in [1.29, 1.82) is 0 Å². The summed E-state index contributed by atoms with van der Waals surface area (Å²) >= 11 is 1.26. The van der Waals surface area contributed by atoms with E-state index in [1.807, 2.05) is 14.1 Å². The molecule has 0 aliphatic carbocycles. The molecule has 1 aromatic rings. The van der Waals surface area contributed by atoms with Crippen molar-refractivity contribution in [2.75, 3.05) is 51.4 Å². The molecule has 6 nitrogen and oxygen atoms in total. The molecular weight excluding hydrogens is 214 g/mol. The molecule has 86 valence electrons. The van der Waals surface area contributed by atoms with Gasteiger partial charge in [0.25, 0.3) is 0 Å². The summed E-state index contributed by atoms with van der Waals surface area (Å²) in [6.07, 6.45) is 0. The number of hydrogen-bond acceptors (Lipinski definition) is 7. The van der Waals surface area contributed by atoms with Crippen LogP contribution in [-0.2, 0) is 4.74 Å². The van der Waals surface area contributed by atoms with Gasteiger partial charge in [0.15, 0.2) is 0 Å². The van der Waals surface area contributed by atoms with Gasteiger partial charge in [-0.25, -0.2) is 0 Å². The fraction of sp³-hybridized carbons (Fsp3) is 0.750. The van der Waals surface area contributed by atoms with Crippen molar-refractivity contribution in [3.05, 3.63) is 0 Å². The van der Waals surface area contributed by atoms with Crippen LogP contribution in [0.5, 0.6) is 0 Å². The molecule has 0 radical (unpaired) electrons. The number of hydrogen-bond donors (Lipinski definition) is 2. The van der Waals surface area contributed by atoms with Gasteiger partial charge in [-0.3, -0.25) is 0 Å². The lowest BCUT2D eigenvalue weighted by atomic mass is 10.6. The van der Waals surface area contributed by atoms with Gasteiger partial charge < -0.3 is 20.7 Å². The Bertz CT molecular complexity index is 278. The van der Waals surface area contributed by atoms with Crippen LogP contribution in [0.1, 0.15) is 0 Å². The van der Waals surface area contributed by atoms with Gasteiger partial charge in [0.1, 0.15) is 0 Å². The van der Waals surface area contributed by atoms with E-state index in [1.165, 1.54) is 11.5 Å². The Kier molecular flexibility index (Phi) is 5.30. The number of nitrogens with zero attached hydrogens (tertiary/aromatic N) is 3. The van der Waals surface area contributed by atoms with Crippen LogP contribution in [0.25, 0.3) is 0 Å². The Balaban J connectivity index is 1.98. The molecule has 1 aromatic heterocycles. The van der Waals surface area contributed by atoms with E-state index in [0.717, 1.165) is 24.8 Å². The average Bonchev–Trinajstić information content (AvgIpc) is 2.57. The maximum Gasteiger partial charge on any atom is 0.233 e. The highest BCUT2D eigenvalue weighted by Gasteiger charge is 1.98. The Labute approximate surface area is 93.6 Å². The molecule has 15 heavy (non-hydrogen) atoms. The summed E-state index contributed by atoms with van der Waals surface area (Å²) in [6.45, 7) is 3.06. The summed E-state index contributed by atoms with van der Waals surface area (Å²) in [5.74, 6) is 0.316. The Morgan fingerprint density at radius 2 is 2.27 bits per heavy atom. The van der Waals surface area contributed by atoms with Crippen molar-refractivity contribution < 1.29 is 4.74 Å². The smallest absolute Gasteiger partial charge is 0.233 e. The lowest BCUT2D eigenvalue weighted by molar-refractivity contribution is 0.126. The van der Waals surface area contributed by atoms with E-state index in [1.54, 1.807) is 0 Å². The topological polar surface area (TPSA) is 76.3 Å². The van der Waals surface area contributed by atoms with Crippen LogP contribution in [0.4, 0.5) is 11.1 Å². The van der Waals surface area contributed by atoms with Crippen LogP contribution in [0.2, 0.25) is 0 Å². The molecule has 0 spiro atoms. The first kappa shape index (κ1) is 12.2. The summed E-state index contributed by atoms with van der Waals surface area (Å²) in [5.41, 5.74) is 5.38. The first-order chi connectivity index (χ1) is 7.18. The summed E-state index contributed by atoms with van der Waals surface area (Å²) in [4.78, 5) is 6.05. The fourth-order valence-electron chi connectivity index (χ4n) is 0.886. The van der Waals surface area contributed by atoms with Crippen LogP contribution in [0, 0.1) is 0 Å². The third-order valence-corrected chi connectivity index (χ3v) is 2.33. The highest BCUT2D eigenvalue weighted by Crippen LogP contribution is 2.10. The van der Waals surface area contributed by atoms with Crippen molar-refractivity contribution in [2.24, 2.45) is 0 Å². The molecule has 1 rings (SSSR count). The van der Waals surface area contributed by atoms with Gasteiger partial charge in [0.2, 0.25) is 11.1 Å². The number of aromatic nitrogens is 2. The summed E-state index contributed by atoms with van der Waals surface area (Å²) in [5, 5.41) is 3.82. The molecule has 0 aliphatic heterocycles. The molecule has 0 amide bonds. The second-order valence-electron chi connectivity index (χ2n) is 3.30. The number of rotatable bonds is 7. The molecule has 1 heterocycles. The van der Waals surface area contributed by atoms with Gasteiger partial charge in [-0.05, 0) is 14.1 Å². The zero-order chi connectivity index (χ0) is 11.1. The molecule has 0 fully saturated rings. The van der Waals surface area contributed by atoms with Gasteiger partial charge in [-0.15, -0.1) is 0 Å². The van der Waals surface area contributed by atoms with Gasteiger partial charge in [0.05, 0.1) is 13.2 Å². The number of ether oxygens (including phenoxy) is 1. The maximum atomic E-state index is 5.39. The van der Waals surface area contributed by atoms with E-state index < -0.39 is 0 Å². The minimum atomic E-state index is 0.316. The lowest BCUT2D eigenvalue weighted by Gasteiger charge is -2.09. The molecule has 0 aliphatic rings. The lowest BCUT2D eigenvalue weighted by Crippen LogP contribution is -2.20. The van der Waals surface area contributed by atoms with Crippen molar-refractivity contribution in [1.82, 2.24) is 14.3 Å². The van der Waals surface area contributed by atoms with Crippen LogP contribution in [-0.4, -0.2) is 54.7 Å². The minimum absolute atomic E-state index is 0.316. The highest BCUT2D eigenvalue weighted by atomic mass is 32.1. The molecule has 0 atom stereocenters. The molecule has 0 aromatic carbocycles.